The van der Waals surface area contributed by atoms with Gasteiger partial charge in [-0.05, 0) is 25.4 Å². The molecule has 0 rings (SSSR count). The number of ketones is 1. The molecular formula is C8H14O3S. The second kappa shape index (κ2) is 7.16. The first-order chi connectivity index (χ1) is 5.66. The predicted molar refractivity (Wildman–Crippen MR) is 49.3 cm³/mol. The third kappa shape index (κ3) is 7.60. The van der Waals surface area contributed by atoms with Gasteiger partial charge < -0.3 is 4.74 Å². The number of carbonyl (C=O) groups is 2. The van der Waals surface area contributed by atoms with E-state index >= 15 is 0 Å². The van der Waals surface area contributed by atoms with Crippen molar-refractivity contribution in [3.63, 3.8) is 0 Å². The van der Waals surface area contributed by atoms with Gasteiger partial charge in [-0.2, -0.15) is 11.8 Å². The molecule has 70 valence electrons. The van der Waals surface area contributed by atoms with Crippen LogP contribution >= 0.6 is 11.8 Å². The molecule has 12 heavy (non-hydrogen) atoms. The van der Waals surface area contributed by atoms with Crippen molar-refractivity contribution in [1.82, 2.24) is 0 Å². The van der Waals surface area contributed by atoms with E-state index in [4.69, 9.17) is 4.74 Å². The van der Waals surface area contributed by atoms with Crippen LogP contribution in [0.25, 0.3) is 0 Å². The number of Topliss-reactive ketones (excluding diaryl/α,β-unsaturated/α-hetero) is 1. The van der Waals surface area contributed by atoms with E-state index in [0.29, 0.717) is 6.61 Å². The highest BCUT2D eigenvalue weighted by Crippen LogP contribution is 1.96. The monoisotopic (exact) mass is 190 g/mol. The van der Waals surface area contributed by atoms with E-state index in [1.54, 1.807) is 11.8 Å². The van der Waals surface area contributed by atoms with E-state index in [-0.39, 0.29) is 12.2 Å². The van der Waals surface area contributed by atoms with Gasteiger partial charge in [-0.15, -0.1) is 0 Å². The van der Waals surface area contributed by atoms with E-state index in [1.807, 2.05) is 6.26 Å². The summed E-state index contributed by atoms with van der Waals surface area (Å²) in [6.45, 7) is 1.80. The molecule has 0 aromatic rings. The number of esters is 1. The van der Waals surface area contributed by atoms with Gasteiger partial charge in [0.2, 0.25) is 0 Å². The van der Waals surface area contributed by atoms with Crippen molar-refractivity contribution in [3.05, 3.63) is 0 Å². The van der Waals surface area contributed by atoms with Crippen LogP contribution in [0.4, 0.5) is 0 Å². The first-order valence-electron chi connectivity index (χ1n) is 3.81. The van der Waals surface area contributed by atoms with Crippen LogP contribution < -0.4 is 0 Å². The van der Waals surface area contributed by atoms with Gasteiger partial charge >= 0.3 is 5.97 Å². The van der Waals surface area contributed by atoms with E-state index in [2.05, 4.69) is 0 Å². The average Bonchev–Trinajstić information content (AvgIpc) is 1.97. The zero-order valence-electron chi connectivity index (χ0n) is 7.46. The molecule has 0 atom stereocenters. The van der Waals surface area contributed by atoms with Crippen LogP contribution in [0.1, 0.15) is 19.8 Å². The van der Waals surface area contributed by atoms with Gasteiger partial charge in [-0.25, -0.2) is 0 Å². The summed E-state index contributed by atoms with van der Waals surface area (Å²) in [7, 11) is 0. The molecule has 0 saturated carbocycles. The number of hydrogen-bond donors (Lipinski definition) is 0. The molecule has 4 heteroatoms. The van der Waals surface area contributed by atoms with Gasteiger partial charge in [0.05, 0.1) is 6.61 Å². The Kier molecular flexibility index (Phi) is 6.85. The topological polar surface area (TPSA) is 43.4 Å². The molecule has 0 bridgehead atoms. The van der Waals surface area contributed by atoms with Crippen LogP contribution in [-0.2, 0) is 14.3 Å². The molecule has 0 saturated heterocycles. The fraction of sp³-hybridized carbons (Fsp3) is 0.750. The lowest BCUT2D eigenvalue weighted by Crippen LogP contribution is -2.10. The van der Waals surface area contributed by atoms with Crippen molar-refractivity contribution in [2.75, 3.05) is 18.6 Å². The summed E-state index contributed by atoms with van der Waals surface area (Å²) in [4.78, 5) is 21.2. The van der Waals surface area contributed by atoms with Crippen LogP contribution in [0.2, 0.25) is 0 Å². The highest BCUT2D eigenvalue weighted by molar-refractivity contribution is 7.98. The molecule has 0 fully saturated rings. The van der Waals surface area contributed by atoms with Crippen LogP contribution in [0.15, 0.2) is 0 Å². The normalized spacial score (nSPS) is 9.50. The summed E-state index contributed by atoms with van der Waals surface area (Å²) < 4.78 is 4.78. The van der Waals surface area contributed by atoms with Gasteiger partial charge in [0.25, 0.3) is 0 Å². The summed E-state index contributed by atoms with van der Waals surface area (Å²) in [6.07, 6.45) is 2.75. The van der Waals surface area contributed by atoms with Crippen molar-refractivity contribution in [3.8, 4) is 0 Å². The third-order valence-electron chi connectivity index (χ3n) is 1.15. The molecule has 0 aromatic heterocycles. The molecule has 0 radical (unpaired) electrons. The highest BCUT2D eigenvalue weighted by atomic mass is 32.2. The Bertz CT molecular complexity index is 156. The Morgan fingerprint density at radius 3 is 2.58 bits per heavy atom. The number of rotatable bonds is 6. The average molecular weight is 190 g/mol. The van der Waals surface area contributed by atoms with E-state index in [0.717, 1.165) is 12.2 Å². The summed E-state index contributed by atoms with van der Waals surface area (Å²) >= 11 is 1.71. The smallest absolute Gasteiger partial charge is 0.313 e. The first-order valence-corrected chi connectivity index (χ1v) is 5.20. The molecule has 0 unspecified atom stereocenters. The number of carbonyl (C=O) groups excluding carboxylic acids is 2. The first kappa shape index (κ1) is 11.5. The van der Waals surface area contributed by atoms with Crippen LogP contribution in [-0.4, -0.2) is 30.4 Å². The molecule has 3 nitrogen and oxygen atoms in total. The minimum atomic E-state index is -0.413. The van der Waals surface area contributed by atoms with Crippen molar-refractivity contribution >= 4 is 23.5 Å². The second-order valence-electron chi connectivity index (χ2n) is 2.45. The molecule has 0 spiro atoms. The fourth-order valence-corrected chi connectivity index (χ4v) is 1.05. The Morgan fingerprint density at radius 2 is 2.08 bits per heavy atom. The summed E-state index contributed by atoms with van der Waals surface area (Å²) in [6, 6.07) is 0. The molecule has 0 N–H and O–H groups in total. The van der Waals surface area contributed by atoms with Gasteiger partial charge in [0, 0.05) is 0 Å². The Morgan fingerprint density at radius 1 is 1.42 bits per heavy atom. The molecule has 0 aliphatic carbocycles. The molecule has 0 aliphatic heterocycles. The number of hydrogen-bond acceptors (Lipinski definition) is 4. The van der Waals surface area contributed by atoms with E-state index in [1.165, 1.54) is 6.92 Å². The second-order valence-corrected chi connectivity index (χ2v) is 3.43. The third-order valence-corrected chi connectivity index (χ3v) is 1.85. The molecule has 0 heterocycles. The van der Waals surface area contributed by atoms with Crippen molar-refractivity contribution in [2.45, 2.75) is 19.8 Å². The number of ether oxygens (including phenoxy) is 1. The van der Waals surface area contributed by atoms with Crippen molar-refractivity contribution in [2.24, 2.45) is 0 Å². The standard InChI is InChI=1S/C8H14O3S/c1-7(9)6-8(10)11-4-3-5-12-2/h3-6H2,1-2H3. The highest BCUT2D eigenvalue weighted by Gasteiger charge is 2.04. The molecule has 0 aromatic carbocycles. The van der Waals surface area contributed by atoms with Crippen LogP contribution in [0, 0.1) is 0 Å². The van der Waals surface area contributed by atoms with E-state index < -0.39 is 5.97 Å². The SMILES string of the molecule is CSCCCOC(=O)CC(C)=O. The lowest BCUT2D eigenvalue weighted by Gasteiger charge is -2.01. The predicted octanol–water partition coefficient (Wildman–Crippen LogP) is 1.26. The summed E-state index contributed by atoms with van der Waals surface area (Å²) in [5.41, 5.74) is 0. The van der Waals surface area contributed by atoms with Crippen LogP contribution in [0.3, 0.4) is 0 Å². The maximum atomic E-state index is 10.8. The van der Waals surface area contributed by atoms with Gasteiger partial charge in [0.15, 0.2) is 0 Å². The lowest BCUT2D eigenvalue weighted by atomic mass is 10.3. The van der Waals surface area contributed by atoms with Gasteiger partial charge in [-0.1, -0.05) is 0 Å². The summed E-state index contributed by atoms with van der Waals surface area (Å²) in [5.74, 6) is 0.418. The zero-order chi connectivity index (χ0) is 9.40. The fourth-order valence-electron chi connectivity index (χ4n) is 0.644. The van der Waals surface area contributed by atoms with Gasteiger partial charge in [-0.3, -0.25) is 9.59 Å². The molecule has 0 aliphatic rings. The van der Waals surface area contributed by atoms with Crippen LogP contribution in [0.5, 0.6) is 0 Å². The maximum absolute atomic E-state index is 10.8. The molecule has 0 amide bonds. The zero-order valence-corrected chi connectivity index (χ0v) is 8.28. The number of thioether (sulfide) groups is 1. The van der Waals surface area contributed by atoms with Gasteiger partial charge in [0.1, 0.15) is 12.2 Å². The van der Waals surface area contributed by atoms with Crippen molar-refractivity contribution < 1.29 is 14.3 Å². The molecular weight excluding hydrogens is 176 g/mol. The minimum absolute atomic E-state index is 0.0979. The van der Waals surface area contributed by atoms with E-state index in [9.17, 15) is 9.59 Å². The Balaban J connectivity index is 3.26. The Hall–Kier alpha value is -0.510. The Labute approximate surface area is 76.9 Å². The quantitative estimate of drug-likeness (QED) is 0.359. The minimum Gasteiger partial charge on any atom is -0.465 e. The lowest BCUT2D eigenvalue weighted by molar-refractivity contribution is -0.145. The maximum Gasteiger partial charge on any atom is 0.313 e. The summed E-state index contributed by atoms with van der Waals surface area (Å²) in [5, 5.41) is 0. The largest absolute Gasteiger partial charge is 0.465 e. The van der Waals surface area contributed by atoms with Crippen molar-refractivity contribution in [1.29, 1.82) is 0 Å².